The van der Waals surface area contributed by atoms with E-state index >= 15 is 0 Å². The summed E-state index contributed by atoms with van der Waals surface area (Å²) in [4.78, 5) is 16.3. The molecule has 2 aromatic rings. The number of para-hydroxylation sites is 1. The van der Waals surface area contributed by atoms with Crippen LogP contribution in [0.1, 0.15) is 12.5 Å². The number of hydrogen-bond acceptors (Lipinski definition) is 4. The van der Waals surface area contributed by atoms with E-state index in [1.165, 1.54) is 6.21 Å². The van der Waals surface area contributed by atoms with E-state index in [0.29, 0.717) is 21.3 Å². The van der Waals surface area contributed by atoms with E-state index in [4.69, 9.17) is 27.9 Å². The molecule has 0 heterocycles. The van der Waals surface area contributed by atoms with Crippen LogP contribution in [0, 0.1) is 0 Å². The Morgan fingerprint density at radius 3 is 2.38 bits per heavy atom. The number of benzene rings is 2. The molecule has 0 radical (unpaired) electrons. The normalized spacial score (nSPS) is 12.1. The Balaban J connectivity index is 2.49. The van der Waals surface area contributed by atoms with Crippen LogP contribution in [0.4, 0.5) is 5.69 Å². The summed E-state index contributed by atoms with van der Waals surface area (Å²) in [6.07, 6.45) is 1.22. The van der Waals surface area contributed by atoms with Crippen LogP contribution in [0.5, 0.6) is 0 Å². The van der Waals surface area contributed by atoms with E-state index in [1.807, 2.05) is 0 Å². The number of nitrogens with zero attached hydrogens (tertiary/aromatic N) is 1. The zero-order valence-electron chi connectivity index (χ0n) is 12.9. The highest BCUT2D eigenvalue weighted by Gasteiger charge is 2.18. The first-order chi connectivity index (χ1) is 11.5. The smallest absolute Gasteiger partial charge is 0.343 e. The fourth-order valence-corrected chi connectivity index (χ4v) is 2.32. The zero-order valence-corrected chi connectivity index (χ0v) is 14.4. The van der Waals surface area contributed by atoms with Gasteiger partial charge in [0.25, 0.3) is 0 Å². The fraction of sp³-hybridized carbons (Fsp3) is 0.111. The molecular formula is C18H15Cl2NO3. The number of aliphatic imine (C=N–C) groups is 1. The highest BCUT2D eigenvalue weighted by Crippen LogP contribution is 2.26. The van der Waals surface area contributed by atoms with E-state index in [-0.39, 0.29) is 17.9 Å². The molecule has 124 valence electrons. The Kier molecular flexibility index (Phi) is 6.41. The molecule has 6 heteroatoms. The Labute approximate surface area is 150 Å². The number of carbonyl (C=O) groups excluding carboxylic acids is 1. The highest BCUT2D eigenvalue weighted by molar-refractivity contribution is 6.33. The van der Waals surface area contributed by atoms with Gasteiger partial charge < -0.3 is 9.84 Å². The molecule has 0 amide bonds. The lowest BCUT2D eigenvalue weighted by molar-refractivity contribution is -0.137. The summed E-state index contributed by atoms with van der Waals surface area (Å²) in [5.41, 5.74) is 0.672. The predicted octanol–water partition coefficient (Wildman–Crippen LogP) is 5.23. The first-order valence-electron chi connectivity index (χ1n) is 7.18. The van der Waals surface area contributed by atoms with Crippen molar-refractivity contribution in [3.8, 4) is 0 Å². The van der Waals surface area contributed by atoms with E-state index < -0.39 is 5.97 Å². The molecule has 4 nitrogen and oxygen atoms in total. The van der Waals surface area contributed by atoms with Gasteiger partial charge in [0.2, 0.25) is 0 Å². The summed E-state index contributed by atoms with van der Waals surface area (Å²) >= 11 is 12.1. The monoisotopic (exact) mass is 363 g/mol. The third-order valence-electron chi connectivity index (χ3n) is 3.06. The van der Waals surface area contributed by atoms with Crippen molar-refractivity contribution in [2.45, 2.75) is 6.92 Å². The van der Waals surface area contributed by atoms with Gasteiger partial charge in [-0.3, -0.25) is 4.99 Å². The quantitative estimate of drug-likeness (QED) is 0.342. The first kappa shape index (κ1) is 18.0. The van der Waals surface area contributed by atoms with Crippen LogP contribution in [-0.4, -0.2) is 23.9 Å². The van der Waals surface area contributed by atoms with Crippen LogP contribution in [0.15, 0.2) is 59.1 Å². The second kappa shape index (κ2) is 8.52. The maximum atomic E-state index is 12.2. The minimum atomic E-state index is -0.703. The van der Waals surface area contributed by atoms with Gasteiger partial charge in [0.05, 0.1) is 22.3 Å². The van der Waals surface area contributed by atoms with Gasteiger partial charge in [0.15, 0.2) is 0 Å². The maximum Gasteiger partial charge on any atom is 0.343 e. The molecule has 0 saturated heterocycles. The molecule has 1 N–H and O–H groups in total. The lowest BCUT2D eigenvalue weighted by Gasteiger charge is -2.08. The largest absolute Gasteiger partial charge is 0.506 e. The minimum absolute atomic E-state index is 0.107. The summed E-state index contributed by atoms with van der Waals surface area (Å²) < 4.78 is 4.98. The SMILES string of the molecule is CCOC(=O)C(C=Nc1ccccc1Cl)=C(O)c1ccccc1Cl. The van der Waals surface area contributed by atoms with Crippen molar-refractivity contribution in [3.63, 3.8) is 0 Å². The molecule has 0 aromatic heterocycles. The fourth-order valence-electron chi connectivity index (χ4n) is 1.91. The van der Waals surface area contributed by atoms with Crippen molar-refractivity contribution in [2.24, 2.45) is 4.99 Å². The van der Waals surface area contributed by atoms with Crippen molar-refractivity contribution in [2.75, 3.05) is 6.61 Å². The van der Waals surface area contributed by atoms with Crippen molar-refractivity contribution in [3.05, 3.63) is 69.7 Å². The van der Waals surface area contributed by atoms with E-state index in [9.17, 15) is 9.90 Å². The molecule has 0 atom stereocenters. The van der Waals surface area contributed by atoms with Gasteiger partial charge in [-0.25, -0.2) is 4.79 Å². The molecule has 24 heavy (non-hydrogen) atoms. The van der Waals surface area contributed by atoms with Crippen molar-refractivity contribution in [1.29, 1.82) is 0 Å². The molecule has 0 aliphatic carbocycles. The minimum Gasteiger partial charge on any atom is -0.506 e. The summed E-state index contributed by atoms with van der Waals surface area (Å²) in [5, 5.41) is 11.2. The van der Waals surface area contributed by atoms with Gasteiger partial charge >= 0.3 is 5.97 Å². The first-order valence-corrected chi connectivity index (χ1v) is 7.94. The van der Waals surface area contributed by atoms with Crippen molar-refractivity contribution < 1.29 is 14.6 Å². The molecule has 2 aromatic carbocycles. The number of rotatable bonds is 5. The van der Waals surface area contributed by atoms with Gasteiger partial charge in [0, 0.05) is 11.8 Å². The average Bonchev–Trinajstić information content (AvgIpc) is 2.57. The van der Waals surface area contributed by atoms with E-state index in [0.717, 1.165) is 0 Å². The van der Waals surface area contributed by atoms with Crippen molar-refractivity contribution >= 4 is 46.8 Å². The van der Waals surface area contributed by atoms with Crippen LogP contribution in [0.2, 0.25) is 10.0 Å². The van der Waals surface area contributed by atoms with Gasteiger partial charge in [-0.1, -0.05) is 47.5 Å². The summed E-state index contributed by atoms with van der Waals surface area (Å²) in [7, 11) is 0. The summed E-state index contributed by atoms with van der Waals surface area (Å²) in [6.45, 7) is 1.84. The second-order valence-corrected chi connectivity index (χ2v) is 5.49. The Morgan fingerprint density at radius 1 is 1.12 bits per heavy atom. The van der Waals surface area contributed by atoms with Crippen LogP contribution in [0.3, 0.4) is 0 Å². The number of carbonyl (C=O) groups is 1. The molecule has 0 spiro atoms. The van der Waals surface area contributed by atoms with Crippen molar-refractivity contribution in [1.82, 2.24) is 0 Å². The van der Waals surface area contributed by atoms with E-state index in [2.05, 4.69) is 4.99 Å². The lowest BCUT2D eigenvalue weighted by Crippen LogP contribution is -2.11. The van der Waals surface area contributed by atoms with Gasteiger partial charge in [-0.2, -0.15) is 0 Å². The third kappa shape index (κ3) is 4.37. The van der Waals surface area contributed by atoms with E-state index in [1.54, 1.807) is 55.5 Å². The number of aliphatic hydroxyl groups is 1. The molecule has 0 unspecified atom stereocenters. The molecule has 0 aliphatic rings. The molecular weight excluding hydrogens is 349 g/mol. The third-order valence-corrected chi connectivity index (χ3v) is 3.71. The van der Waals surface area contributed by atoms with Crippen LogP contribution >= 0.6 is 23.2 Å². The number of aliphatic hydroxyl groups excluding tert-OH is 1. The topological polar surface area (TPSA) is 58.9 Å². The Morgan fingerprint density at radius 2 is 1.75 bits per heavy atom. The Hall–Kier alpha value is -2.30. The summed E-state index contributed by atoms with van der Waals surface area (Å²) in [6, 6.07) is 13.5. The van der Waals surface area contributed by atoms with Gasteiger partial charge in [-0.15, -0.1) is 0 Å². The molecule has 0 saturated carbocycles. The molecule has 0 bridgehead atoms. The molecule has 0 fully saturated rings. The predicted molar refractivity (Wildman–Crippen MR) is 97.2 cm³/mol. The second-order valence-electron chi connectivity index (χ2n) is 4.67. The Bertz CT molecular complexity index is 800. The van der Waals surface area contributed by atoms with Crippen LogP contribution < -0.4 is 0 Å². The zero-order chi connectivity index (χ0) is 17.5. The van der Waals surface area contributed by atoms with Crippen LogP contribution in [0.25, 0.3) is 5.76 Å². The number of ether oxygens (including phenoxy) is 1. The number of hydrogen-bond donors (Lipinski definition) is 1. The number of halogens is 2. The highest BCUT2D eigenvalue weighted by atomic mass is 35.5. The standard InChI is InChI=1S/C18H15Cl2NO3/c1-2-24-18(23)13(11-21-16-10-6-5-9-15(16)20)17(22)12-7-3-4-8-14(12)19/h3-11,22H,2H2,1H3. The maximum absolute atomic E-state index is 12.2. The molecule has 0 aliphatic heterocycles. The van der Waals surface area contributed by atoms with Gasteiger partial charge in [0.1, 0.15) is 11.3 Å². The molecule has 2 rings (SSSR count). The number of esters is 1. The summed E-state index contributed by atoms with van der Waals surface area (Å²) in [5.74, 6) is -1.01. The van der Waals surface area contributed by atoms with Crippen LogP contribution in [-0.2, 0) is 9.53 Å². The average molecular weight is 364 g/mol. The lowest BCUT2D eigenvalue weighted by atomic mass is 10.1. The van der Waals surface area contributed by atoms with Gasteiger partial charge in [-0.05, 0) is 31.2 Å².